The van der Waals surface area contributed by atoms with Crippen LogP contribution in [0.15, 0.2) is 17.0 Å². The van der Waals surface area contributed by atoms with Gasteiger partial charge in [-0.25, -0.2) is 0 Å². The average molecular weight is 361 g/mol. The Morgan fingerprint density at radius 2 is 0.955 bits per heavy atom. The number of hydrogen-bond acceptors (Lipinski definition) is 3. The van der Waals surface area contributed by atoms with Crippen molar-refractivity contribution < 1.29 is 53.7 Å². The normalized spacial score (nSPS) is 13.0. The fourth-order valence-corrected chi connectivity index (χ4v) is 1.35. The summed E-state index contributed by atoms with van der Waals surface area (Å²) in [6.45, 7) is 0. The van der Waals surface area contributed by atoms with Gasteiger partial charge in [-0.2, -0.15) is 0 Å². The molecule has 13 heteroatoms. The van der Waals surface area contributed by atoms with Gasteiger partial charge in [0.05, 0.1) is 0 Å². The summed E-state index contributed by atoms with van der Waals surface area (Å²) in [6, 6.07) is 0.0685. The molecule has 0 spiro atoms. The van der Waals surface area contributed by atoms with Crippen molar-refractivity contribution in [1.29, 1.82) is 0 Å². The monoisotopic (exact) mass is 361 g/mol. The van der Waals surface area contributed by atoms with Crippen LogP contribution in [-0.4, -0.2) is 19.1 Å². The maximum Gasteiger partial charge on any atom is 0.573 e. The van der Waals surface area contributed by atoms with Crippen LogP contribution in [0.25, 0.3) is 0 Å². The molecule has 0 heterocycles. The lowest BCUT2D eigenvalue weighted by atomic mass is 10.3. The summed E-state index contributed by atoms with van der Waals surface area (Å²) in [5, 5.41) is 0. The Morgan fingerprint density at radius 3 is 1.23 bits per heavy atom. The molecule has 0 aliphatic rings. The highest BCUT2D eigenvalue weighted by atomic mass is 32.1. The molecule has 0 saturated carbocycles. The van der Waals surface area contributed by atoms with Gasteiger partial charge in [0.15, 0.2) is 11.5 Å². The summed E-state index contributed by atoms with van der Waals surface area (Å²) < 4.78 is 118. The molecule has 0 fully saturated rings. The van der Waals surface area contributed by atoms with Crippen LogP contribution in [0.4, 0.5) is 39.5 Å². The van der Waals surface area contributed by atoms with E-state index in [2.05, 4.69) is 26.8 Å². The Bertz CT molecular complexity index is 498. The largest absolute Gasteiger partial charge is 0.573 e. The summed E-state index contributed by atoms with van der Waals surface area (Å²) in [5.74, 6) is -4.45. The summed E-state index contributed by atoms with van der Waals surface area (Å²) in [5.41, 5.74) is 0. The third-order valence-electron chi connectivity index (χ3n) is 1.68. The van der Waals surface area contributed by atoms with Crippen LogP contribution in [0.5, 0.6) is 17.2 Å². The molecule has 3 nitrogen and oxygen atoms in total. The first-order chi connectivity index (χ1) is 9.66. The number of ether oxygens (including phenoxy) is 3. The van der Waals surface area contributed by atoms with Gasteiger partial charge in [0, 0.05) is 12.1 Å². The predicted molar refractivity (Wildman–Crippen MR) is 52.3 cm³/mol. The van der Waals surface area contributed by atoms with E-state index >= 15 is 0 Å². The van der Waals surface area contributed by atoms with E-state index in [1.165, 1.54) is 0 Å². The second-order valence-electron chi connectivity index (χ2n) is 3.39. The van der Waals surface area contributed by atoms with E-state index in [-0.39, 0.29) is 12.1 Å². The maximum absolute atomic E-state index is 12.1. The van der Waals surface area contributed by atoms with Crippen LogP contribution in [0.2, 0.25) is 0 Å². The van der Waals surface area contributed by atoms with E-state index in [0.29, 0.717) is 0 Å². The molecule has 1 rings (SSSR count). The van der Waals surface area contributed by atoms with E-state index in [1.54, 1.807) is 0 Å². The lowest BCUT2D eigenvalue weighted by Crippen LogP contribution is -2.21. The van der Waals surface area contributed by atoms with Crippen LogP contribution >= 0.6 is 12.6 Å². The summed E-state index contributed by atoms with van der Waals surface area (Å²) in [7, 11) is 0. The highest BCUT2D eigenvalue weighted by molar-refractivity contribution is 7.80. The molecule has 0 unspecified atom stereocenters. The minimum Gasteiger partial charge on any atom is -0.406 e. The van der Waals surface area contributed by atoms with E-state index in [1.807, 2.05) is 0 Å². The first-order valence-electron chi connectivity index (χ1n) is 4.78. The minimum atomic E-state index is -5.40. The minimum absolute atomic E-state index is 0.0343. The van der Waals surface area contributed by atoms with Crippen LogP contribution in [-0.2, 0) is 0 Å². The van der Waals surface area contributed by atoms with Crippen molar-refractivity contribution in [1.82, 2.24) is 0 Å². The molecule has 125 valence electrons. The van der Waals surface area contributed by atoms with Gasteiger partial charge in [0.2, 0.25) is 0 Å². The molecule has 0 saturated heterocycles. The van der Waals surface area contributed by atoms with Gasteiger partial charge in [0.25, 0.3) is 0 Å². The highest BCUT2D eigenvalue weighted by Crippen LogP contribution is 2.42. The van der Waals surface area contributed by atoms with Gasteiger partial charge in [-0.05, 0) is 0 Å². The Kier molecular flexibility index (Phi) is 4.79. The van der Waals surface area contributed by atoms with Crippen molar-refractivity contribution in [3.05, 3.63) is 12.1 Å². The fraction of sp³-hybridized carbons (Fsp3) is 0.333. The number of hydrogen-bond donors (Lipinski definition) is 0. The van der Waals surface area contributed by atoms with Crippen molar-refractivity contribution in [2.45, 2.75) is 24.0 Å². The molecule has 0 aromatic heterocycles. The third-order valence-corrected chi connectivity index (χ3v) is 2.08. The van der Waals surface area contributed by atoms with Crippen LogP contribution < -0.4 is 14.2 Å². The maximum atomic E-state index is 12.1. The summed E-state index contributed by atoms with van der Waals surface area (Å²) >= 11 is 4.24. The van der Waals surface area contributed by atoms with Gasteiger partial charge in [-0.3, -0.25) is 0 Å². The fourth-order valence-electron chi connectivity index (χ4n) is 1.15. The Balaban J connectivity index is 3.30. The van der Waals surface area contributed by atoms with Gasteiger partial charge in [-0.1, -0.05) is 12.6 Å². The van der Waals surface area contributed by atoms with Crippen LogP contribution in [0.3, 0.4) is 0 Å². The number of benzene rings is 1. The smallest absolute Gasteiger partial charge is 0.406 e. The van der Waals surface area contributed by atoms with Gasteiger partial charge in [-0.15, -0.1) is 39.5 Å². The second-order valence-corrected chi connectivity index (χ2v) is 3.80. The van der Waals surface area contributed by atoms with Crippen LogP contribution in [0, 0.1) is 0 Å². The van der Waals surface area contributed by atoms with Gasteiger partial charge in [0.1, 0.15) is 10.6 Å². The molecule has 1 aromatic rings. The van der Waals surface area contributed by atoms with Crippen LogP contribution in [0.1, 0.15) is 0 Å². The molecule has 1 radical (unpaired) electrons. The molecule has 22 heavy (non-hydrogen) atoms. The van der Waals surface area contributed by atoms with Crippen molar-refractivity contribution in [2.24, 2.45) is 0 Å². The van der Waals surface area contributed by atoms with E-state index in [0.717, 1.165) is 0 Å². The topological polar surface area (TPSA) is 27.7 Å². The summed E-state index contributed by atoms with van der Waals surface area (Å²) in [4.78, 5) is -1.23. The molecule has 0 aliphatic carbocycles. The van der Waals surface area contributed by atoms with Crippen molar-refractivity contribution in [2.75, 3.05) is 0 Å². The molecule has 0 bridgehead atoms. The number of halogens is 9. The zero-order valence-corrected chi connectivity index (χ0v) is 10.5. The second kappa shape index (κ2) is 5.78. The Hall–Kier alpha value is -1.79. The molecular weight excluding hydrogens is 359 g/mol. The van der Waals surface area contributed by atoms with Gasteiger partial charge >= 0.3 is 19.1 Å². The molecule has 1 aromatic carbocycles. The third kappa shape index (κ3) is 6.32. The molecular formula is C9H2F9O3S. The molecule has 0 N–H and O–H groups in total. The zero-order chi connectivity index (χ0) is 17.3. The number of rotatable bonds is 3. The molecule has 0 amide bonds. The van der Waals surface area contributed by atoms with E-state index in [4.69, 9.17) is 0 Å². The first kappa shape index (κ1) is 18.3. The molecule has 0 atom stereocenters. The van der Waals surface area contributed by atoms with E-state index in [9.17, 15) is 39.5 Å². The van der Waals surface area contributed by atoms with Gasteiger partial charge < -0.3 is 14.2 Å². The number of alkyl halides is 9. The predicted octanol–water partition coefficient (Wildman–Crippen LogP) is 4.94. The molecule has 0 aliphatic heterocycles. The standard InChI is InChI=1S/C9H2F9O3S/c10-7(11,12)19-3-1-4(20-8(13,14)15)6(22)5(2-3)21-9(16,17)18/h1-2H. The first-order valence-corrected chi connectivity index (χ1v) is 5.19. The Morgan fingerprint density at radius 1 is 0.636 bits per heavy atom. The average Bonchev–Trinajstić information content (AvgIpc) is 2.18. The van der Waals surface area contributed by atoms with Crippen molar-refractivity contribution in [3.63, 3.8) is 0 Å². The van der Waals surface area contributed by atoms with E-state index < -0.39 is 41.2 Å². The SMILES string of the molecule is FC(F)(F)Oc1cc(OC(F)(F)F)c([S])c(OC(F)(F)F)c1. The highest BCUT2D eigenvalue weighted by Gasteiger charge is 2.38. The quantitative estimate of drug-likeness (QED) is 0.714. The zero-order valence-electron chi connectivity index (χ0n) is 9.69. The summed E-state index contributed by atoms with van der Waals surface area (Å²) in [6.07, 6.45) is -16.2. The van der Waals surface area contributed by atoms with Crippen molar-refractivity contribution in [3.8, 4) is 17.2 Å². The lowest BCUT2D eigenvalue weighted by molar-refractivity contribution is -0.279. The van der Waals surface area contributed by atoms with Crippen molar-refractivity contribution >= 4 is 12.6 Å². The lowest BCUT2D eigenvalue weighted by Gasteiger charge is -2.17. The Labute approximate surface area is 121 Å².